The van der Waals surface area contributed by atoms with Crippen molar-refractivity contribution in [2.45, 2.75) is 51.6 Å². The van der Waals surface area contributed by atoms with Gasteiger partial charge in [0.1, 0.15) is 12.2 Å². The number of hydrogen-bond donors (Lipinski definition) is 1. The predicted octanol–water partition coefficient (Wildman–Crippen LogP) is 3.02. The van der Waals surface area contributed by atoms with Crippen molar-refractivity contribution in [3.8, 4) is 0 Å². The van der Waals surface area contributed by atoms with Gasteiger partial charge in [0.15, 0.2) is 0 Å². The second-order valence-corrected chi connectivity index (χ2v) is 5.94. The van der Waals surface area contributed by atoms with E-state index in [-0.39, 0.29) is 18.5 Å². The minimum absolute atomic E-state index is 0.0253. The molecule has 2 rings (SSSR count). The largest absolute Gasteiger partial charge is 0.480 e. The third kappa shape index (κ3) is 3.79. The van der Waals surface area contributed by atoms with Gasteiger partial charge < -0.3 is 14.6 Å². The first-order valence-electron chi connectivity index (χ1n) is 7.41. The van der Waals surface area contributed by atoms with Gasteiger partial charge in [-0.1, -0.05) is 31.4 Å². The fourth-order valence-corrected chi connectivity index (χ4v) is 3.18. The lowest BCUT2D eigenvalue weighted by atomic mass is 10.2. The second-order valence-electron chi connectivity index (χ2n) is 5.50. The van der Waals surface area contributed by atoms with E-state index in [1.165, 1.54) is 4.90 Å². The second kappa shape index (κ2) is 6.98. The fourth-order valence-electron chi connectivity index (χ4n) is 2.96. The van der Waals surface area contributed by atoms with Crippen molar-refractivity contribution < 1.29 is 14.7 Å². The zero-order chi connectivity index (χ0) is 15.4. The minimum Gasteiger partial charge on any atom is -0.480 e. The maximum absolute atomic E-state index is 12.8. The zero-order valence-corrected chi connectivity index (χ0v) is 13.0. The molecule has 1 amide bonds. The Bertz CT molecular complexity index is 521. The predicted molar refractivity (Wildman–Crippen MR) is 80.7 cm³/mol. The van der Waals surface area contributed by atoms with Crippen LogP contribution in [0, 0.1) is 0 Å². The molecule has 116 valence electrons. The van der Waals surface area contributed by atoms with Crippen LogP contribution in [-0.2, 0) is 11.3 Å². The Morgan fingerprint density at radius 1 is 1.43 bits per heavy atom. The van der Waals surface area contributed by atoms with E-state index in [2.05, 4.69) is 0 Å². The molecule has 1 aromatic rings. The van der Waals surface area contributed by atoms with Gasteiger partial charge in [-0.05, 0) is 25.3 Å². The van der Waals surface area contributed by atoms with Crippen molar-refractivity contribution in [3.05, 3.63) is 23.0 Å². The molecular formula is C15H21ClN2O3. The van der Waals surface area contributed by atoms with E-state index in [1.807, 2.05) is 11.5 Å². The third-order valence-corrected chi connectivity index (χ3v) is 4.09. The van der Waals surface area contributed by atoms with Crippen molar-refractivity contribution in [2.24, 2.45) is 0 Å². The summed E-state index contributed by atoms with van der Waals surface area (Å²) >= 11 is 6.01. The molecule has 1 aromatic heterocycles. The number of halogens is 1. The maximum atomic E-state index is 12.8. The molecule has 1 aliphatic carbocycles. The number of carbonyl (C=O) groups excluding carboxylic acids is 1. The van der Waals surface area contributed by atoms with Gasteiger partial charge in [-0.2, -0.15) is 0 Å². The van der Waals surface area contributed by atoms with Crippen molar-refractivity contribution in [2.75, 3.05) is 6.54 Å². The normalized spacial score (nSPS) is 15.3. The van der Waals surface area contributed by atoms with Crippen molar-refractivity contribution in [1.29, 1.82) is 0 Å². The van der Waals surface area contributed by atoms with Gasteiger partial charge in [0.25, 0.3) is 5.91 Å². The highest BCUT2D eigenvalue weighted by atomic mass is 35.5. The van der Waals surface area contributed by atoms with Crippen LogP contribution in [0.5, 0.6) is 0 Å². The van der Waals surface area contributed by atoms with E-state index >= 15 is 0 Å². The van der Waals surface area contributed by atoms with Gasteiger partial charge >= 0.3 is 5.97 Å². The van der Waals surface area contributed by atoms with Crippen LogP contribution in [0.2, 0.25) is 5.02 Å². The lowest BCUT2D eigenvalue weighted by Crippen LogP contribution is -2.43. The van der Waals surface area contributed by atoms with Crippen molar-refractivity contribution >= 4 is 23.5 Å². The average molecular weight is 313 g/mol. The van der Waals surface area contributed by atoms with Crippen molar-refractivity contribution in [1.82, 2.24) is 9.47 Å². The fraction of sp³-hybridized carbons (Fsp3) is 0.600. The first kappa shape index (κ1) is 15.9. The molecule has 0 saturated heterocycles. The average Bonchev–Trinajstić information content (AvgIpc) is 3.05. The van der Waals surface area contributed by atoms with Crippen LogP contribution in [-0.4, -0.2) is 39.0 Å². The Morgan fingerprint density at radius 2 is 2.10 bits per heavy atom. The van der Waals surface area contributed by atoms with Crippen LogP contribution in [0.25, 0.3) is 0 Å². The van der Waals surface area contributed by atoms with E-state index in [9.17, 15) is 9.59 Å². The molecule has 0 aliphatic heterocycles. The van der Waals surface area contributed by atoms with Gasteiger partial charge in [0.05, 0.1) is 5.02 Å². The SMILES string of the molecule is CCCn1cc(Cl)cc1C(=O)N(CC(=O)O)C1CCCC1. The van der Waals surface area contributed by atoms with Gasteiger partial charge in [0, 0.05) is 18.8 Å². The minimum atomic E-state index is -0.977. The topological polar surface area (TPSA) is 62.5 Å². The molecule has 0 spiro atoms. The van der Waals surface area contributed by atoms with E-state index in [4.69, 9.17) is 16.7 Å². The lowest BCUT2D eigenvalue weighted by Gasteiger charge is -2.27. The molecule has 1 aliphatic rings. The number of carboxylic acid groups (broad SMARTS) is 1. The quantitative estimate of drug-likeness (QED) is 0.878. The molecule has 0 aromatic carbocycles. The molecule has 0 bridgehead atoms. The van der Waals surface area contributed by atoms with E-state index in [0.717, 1.165) is 32.1 Å². The first-order chi connectivity index (χ1) is 10.0. The highest BCUT2D eigenvalue weighted by Gasteiger charge is 2.30. The summed E-state index contributed by atoms with van der Waals surface area (Å²) in [6.45, 7) is 2.46. The maximum Gasteiger partial charge on any atom is 0.323 e. The summed E-state index contributed by atoms with van der Waals surface area (Å²) in [5, 5.41) is 9.60. The standard InChI is InChI=1S/C15H21ClN2O3/c1-2-7-17-9-11(16)8-13(17)15(21)18(10-14(19)20)12-5-3-4-6-12/h8-9,12H,2-7,10H2,1H3,(H,19,20). The number of rotatable bonds is 6. The molecule has 1 fully saturated rings. The Labute approximate surface area is 129 Å². The molecule has 0 unspecified atom stereocenters. The molecule has 6 heteroatoms. The number of aromatic nitrogens is 1. The highest BCUT2D eigenvalue weighted by molar-refractivity contribution is 6.31. The number of amides is 1. The third-order valence-electron chi connectivity index (χ3n) is 3.88. The molecule has 21 heavy (non-hydrogen) atoms. The van der Waals surface area contributed by atoms with Crippen LogP contribution in [0.4, 0.5) is 0 Å². The molecular weight excluding hydrogens is 292 g/mol. The van der Waals surface area contributed by atoms with Gasteiger partial charge in [-0.25, -0.2) is 0 Å². The van der Waals surface area contributed by atoms with E-state index in [1.54, 1.807) is 12.3 Å². The monoisotopic (exact) mass is 312 g/mol. The van der Waals surface area contributed by atoms with Crippen LogP contribution in [0.3, 0.4) is 0 Å². The Hall–Kier alpha value is -1.49. The smallest absolute Gasteiger partial charge is 0.323 e. The summed E-state index contributed by atoms with van der Waals surface area (Å²) in [5.74, 6) is -1.21. The molecule has 1 heterocycles. The van der Waals surface area contributed by atoms with Crippen LogP contribution >= 0.6 is 11.6 Å². The number of nitrogens with zero attached hydrogens (tertiary/aromatic N) is 2. The molecule has 1 N–H and O–H groups in total. The molecule has 5 nitrogen and oxygen atoms in total. The lowest BCUT2D eigenvalue weighted by molar-refractivity contribution is -0.138. The van der Waals surface area contributed by atoms with Crippen LogP contribution in [0.1, 0.15) is 49.5 Å². The van der Waals surface area contributed by atoms with Crippen LogP contribution in [0.15, 0.2) is 12.3 Å². The highest BCUT2D eigenvalue weighted by Crippen LogP contribution is 2.26. The van der Waals surface area contributed by atoms with E-state index < -0.39 is 5.97 Å². The van der Waals surface area contributed by atoms with Crippen LogP contribution < -0.4 is 0 Å². The Morgan fingerprint density at radius 3 is 2.67 bits per heavy atom. The molecule has 0 radical (unpaired) electrons. The number of hydrogen-bond acceptors (Lipinski definition) is 2. The molecule has 0 atom stereocenters. The summed E-state index contributed by atoms with van der Waals surface area (Å²) < 4.78 is 1.81. The van der Waals surface area contributed by atoms with E-state index in [0.29, 0.717) is 17.3 Å². The first-order valence-corrected chi connectivity index (χ1v) is 7.79. The zero-order valence-electron chi connectivity index (χ0n) is 12.2. The van der Waals surface area contributed by atoms with Crippen molar-refractivity contribution in [3.63, 3.8) is 0 Å². The number of carbonyl (C=O) groups is 2. The summed E-state index contributed by atoms with van der Waals surface area (Å²) in [4.78, 5) is 25.3. The summed E-state index contributed by atoms with van der Waals surface area (Å²) in [5.41, 5.74) is 0.481. The van der Waals surface area contributed by atoms with Gasteiger partial charge in [0.2, 0.25) is 0 Å². The number of carboxylic acids is 1. The Balaban J connectivity index is 2.26. The Kier molecular flexibility index (Phi) is 5.28. The summed E-state index contributed by atoms with van der Waals surface area (Å²) in [6, 6.07) is 1.65. The summed E-state index contributed by atoms with van der Waals surface area (Å²) in [6.07, 6.45) is 6.46. The summed E-state index contributed by atoms with van der Waals surface area (Å²) in [7, 11) is 0. The van der Waals surface area contributed by atoms with Gasteiger partial charge in [-0.15, -0.1) is 0 Å². The number of aryl methyl sites for hydroxylation is 1. The molecule has 1 saturated carbocycles. The number of aliphatic carboxylic acids is 1. The van der Waals surface area contributed by atoms with Gasteiger partial charge in [-0.3, -0.25) is 9.59 Å².